The van der Waals surface area contributed by atoms with Crippen molar-refractivity contribution in [1.29, 1.82) is 0 Å². The maximum atomic E-state index is 12.2. The first-order chi connectivity index (χ1) is 9.77. The largest absolute Gasteiger partial charge is 0.352 e. The van der Waals surface area contributed by atoms with Gasteiger partial charge in [0.2, 0.25) is 5.91 Å². The molecule has 0 aliphatic heterocycles. The van der Waals surface area contributed by atoms with Crippen molar-refractivity contribution in [3.63, 3.8) is 0 Å². The molecule has 1 aromatic heterocycles. The molecule has 3 rings (SSSR count). The molecule has 3 atom stereocenters. The van der Waals surface area contributed by atoms with Gasteiger partial charge in [0.15, 0.2) is 0 Å². The van der Waals surface area contributed by atoms with E-state index in [0.29, 0.717) is 18.4 Å². The Bertz CT molecular complexity index is 582. The minimum Gasteiger partial charge on any atom is -0.352 e. The summed E-state index contributed by atoms with van der Waals surface area (Å²) in [7, 11) is 0. The Morgan fingerprint density at radius 1 is 1.20 bits per heavy atom. The number of nitrogens with zero attached hydrogens (tertiary/aromatic N) is 1. The van der Waals surface area contributed by atoms with E-state index in [2.05, 4.69) is 29.4 Å². The SMILES string of the molecule is CC1C(C(=O)NCc2cccnc2)C1c1ccccc1. The van der Waals surface area contributed by atoms with Gasteiger partial charge in [0.1, 0.15) is 0 Å². The Labute approximate surface area is 119 Å². The van der Waals surface area contributed by atoms with Crippen molar-refractivity contribution in [3.8, 4) is 0 Å². The van der Waals surface area contributed by atoms with Crippen LogP contribution in [-0.2, 0) is 11.3 Å². The maximum Gasteiger partial charge on any atom is 0.224 e. The van der Waals surface area contributed by atoms with E-state index in [9.17, 15) is 4.79 Å². The maximum absolute atomic E-state index is 12.2. The van der Waals surface area contributed by atoms with Crippen molar-refractivity contribution >= 4 is 5.91 Å². The molecule has 1 aromatic carbocycles. The fourth-order valence-electron chi connectivity index (χ4n) is 2.86. The topological polar surface area (TPSA) is 42.0 Å². The smallest absolute Gasteiger partial charge is 0.224 e. The van der Waals surface area contributed by atoms with Crippen LogP contribution in [0.5, 0.6) is 0 Å². The zero-order valence-corrected chi connectivity index (χ0v) is 11.5. The first kappa shape index (κ1) is 12.9. The van der Waals surface area contributed by atoms with Gasteiger partial charge >= 0.3 is 0 Å². The minimum absolute atomic E-state index is 0.106. The summed E-state index contributed by atoms with van der Waals surface area (Å²) >= 11 is 0. The molecule has 3 nitrogen and oxygen atoms in total. The zero-order valence-electron chi connectivity index (χ0n) is 11.5. The van der Waals surface area contributed by atoms with Gasteiger partial charge in [0.25, 0.3) is 0 Å². The number of hydrogen-bond donors (Lipinski definition) is 1. The third kappa shape index (κ3) is 2.57. The highest BCUT2D eigenvalue weighted by Gasteiger charge is 2.51. The highest BCUT2D eigenvalue weighted by Crippen LogP contribution is 2.53. The first-order valence-electron chi connectivity index (χ1n) is 6.99. The van der Waals surface area contributed by atoms with Crippen LogP contribution < -0.4 is 5.32 Å². The Morgan fingerprint density at radius 3 is 2.70 bits per heavy atom. The molecule has 102 valence electrons. The summed E-state index contributed by atoms with van der Waals surface area (Å²) < 4.78 is 0. The van der Waals surface area contributed by atoms with E-state index in [-0.39, 0.29) is 11.8 Å². The Balaban J connectivity index is 1.59. The zero-order chi connectivity index (χ0) is 13.9. The molecule has 20 heavy (non-hydrogen) atoms. The van der Waals surface area contributed by atoms with Crippen LogP contribution in [0.2, 0.25) is 0 Å². The molecule has 0 radical (unpaired) electrons. The molecule has 1 fully saturated rings. The van der Waals surface area contributed by atoms with Crippen molar-refractivity contribution in [1.82, 2.24) is 10.3 Å². The van der Waals surface area contributed by atoms with Crippen LogP contribution in [0.25, 0.3) is 0 Å². The number of amides is 1. The molecule has 2 aromatic rings. The van der Waals surface area contributed by atoms with Crippen LogP contribution in [0, 0.1) is 11.8 Å². The van der Waals surface area contributed by atoms with Gasteiger partial charge in [-0.25, -0.2) is 0 Å². The van der Waals surface area contributed by atoms with Crippen molar-refractivity contribution < 1.29 is 4.79 Å². The van der Waals surface area contributed by atoms with Gasteiger partial charge in [-0.15, -0.1) is 0 Å². The van der Waals surface area contributed by atoms with Crippen molar-refractivity contribution in [2.75, 3.05) is 0 Å². The molecular formula is C17H18N2O. The summed E-state index contributed by atoms with van der Waals surface area (Å²) in [6.45, 7) is 2.70. The summed E-state index contributed by atoms with van der Waals surface area (Å²) in [6.07, 6.45) is 3.52. The van der Waals surface area contributed by atoms with Crippen LogP contribution in [-0.4, -0.2) is 10.9 Å². The number of rotatable bonds is 4. The predicted octanol–water partition coefficient (Wildman–Crippen LogP) is 2.75. The number of nitrogens with one attached hydrogen (secondary N) is 1. The van der Waals surface area contributed by atoms with Crippen LogP contribution >= 0.6 is 0 Å². The van der Waals surface area contributed by atoms with Gasteiger partial charge in [-0.05, 0) is 29.0 Å². The van der Waals surface area contributed by atoms with E-state index >= 15 is 0 Å². The summed E-state index contributed by atoms with van der Waals surface area (Å²) in [5.41, 5.74) is 2.30. The number of carbonyl (C=O) groups is 1. The summed E-state index contributed by atoms with van der Waals surface area (Å²) in [4.78, 5) is 16.3. The van der Waals surface area contributed by atoms with Crippen molar-refractivity contribution in [2.45, 2.75) is 19.4 Å². The molecule has 0 spiro atoms. The van der Waals surface area contributed by atoms with E-state index in [1.165, 1.54) is 5.56 Å². The third-order valence-electron chi connectivity index (χ3n) is 4.06. The van der Waals surface area contributed by atoms with Gasteiger partial charge in [-0.1, -0.05) is 43.3 Å². The lowest BCUT2D eigenvalue weighted by Crippen LogP contribution is -2.25. The summed E-state index contributed by atoms with van der Waals surface area (Å²) in [6, 6.07) is 14.1. The third-order valence-corrected chi connectivity index (χ3v) is 4.06. The van der Waals surface area contributed by atoms with Gasteiger partial charge < -0.3 is 5.32 Å². The standard InChI is InChI=1S/C17H18N2O/c1-12-15(14-7-3-2-4-8-14)16(12)17(20)19-11-13-6-5-9-18-10-13/h2-10,12,15-16H,11H2,1H3,(H,19,20). The average Bonchev–Trinajstić information content (AvgIpc) is 3.18. The second-order valence-corrected chi connectivity index (χ2v) is 5.40. The van der Waals surface area contributed by atoms with Crippen LogP contribution in [0.1, 0.15) is 24.0 Å². The van der Waals surface area contributed by atoms with E-state index in [0.717, 1.165) is 5.56 Å². The molecule has 1 N–H and O–H groups in total. The fraction of sp³-hybridized carbons (Fsp3) is 0.294. The average molecular weight is 266 g/mol. The Hall–Kier alpha value is -2.16. The second-order valence-electron chi connectivity index (χ2n) is 5.40. The monoisotopic (exact) mass is 266 g/mol. The van der Waals surface area contributed by atoms with Crippen LogP contribution in [0.15, 0.2) is 54.9 Å². The summed E-state index contributed by atoms with van der Waals surface area (Å²) in [5, 5.41) is 3.01. The highest BCUT2D eigenvalue weighted by molar-refractivity contribution is 5.83. The predicted molar refractivity (Wildman–Crippen MR) is 77.9 cm³/mol. The van der Waals surface area contributed by atoms with E-state index in [1.54, 1.807) is 12.4 Å². The van der Waals surface area contributed by atoms with Gasteiger partial charge in [0, 0.05) is 24.9 Å². The van der Waals surface area contributed by atoms with E-state index in [1.807, 2.05) is 30.3 Å². The normalized spacial score (nSPS) is 24.1. The molecule has 1 amide bonds. The molecule has 1 aliphatic rings. The molecule has 1 aliphatic carbocycles. The molecule has 1 saturated carbocycles. The van der Waals surface area contributed by atoms with Crippen molar-refractivity contribution in [3.05, 3.63) is 66.0 Å². The van der Waals surface area contributed by atoms with Crippen LogP contribution in [0.4, 0.5) is 0 Å². The summed E-state index contributed by atoms with van der Waals surface area (Å²) in [5.74, 6) is 1.04. The number of benzene rings is 1. The number of carbonyl (C=O) groups excluding carboxylic acids is 1. The number of hydrogen-bond acceptors (Lipinski definition) is 2. The lowest BCUT2D eigenvalue weighted by molar-refractivity contribution is -0.122. The van der Waals surface area contributed by atoms with Gasteiger partial charge in [-0.3, -0.25) is 9.78 Å². The quantitative estimate of drug-likeness (QED) is 0.924. The molecule has 1 heterocycles. The molecule has 0 bridgehead atoms. The van der Waals surface area contributed by atoms with Gasteiger partial charge in [0.05, 0.1) is 0 Å². The highest BCUT2D eigenvalue weighted by atomic mass is 16.2. The molecule has 3 unspecified atom stereocenters. The van der Waals surface area contributed by atoms with Crippen molar-refractivity contribution in [2.24, 2.45) is 11.8 Å². The lowest BCUT2D eigenvalue weighted by Gasteiger charge is -2.04. The molecule has 3 heteroatoms. The second kappa shape index (κ2) is 5.45. The minimum atomic E-state index is 0.106. The Kier molecular flexibility index (Phi) is 3.50. The van der Waals surface area contributed by atoms with Gasteiger partial charge in [-0.2, -0.15) is 0 Å². The van der Waals surface area contributed by atoms with Crippen LogP contribution in [0.3, 0.4) is 0 Å². The fourth-order valence-corrected chi connectivity index (χ4v) is 2.86. The van der Waals surface area contributed by atoms with E-state index < -0.39 is 0 Å². The lowest BCUT2D eigenvalue weighted by atomic mass is 10.1. The Morgan fingerprint density at radius 2 is 2.00 bits per heavy atom. The molecule has 0 saturated heterocycles. The van der Waals surface area contributed by atoms with E-state index in [4.69, 9.17) is 0 Å². The number of pyridine rings is 1. The molecular weight excluding hydrogens is 248 g/mol. The number of aromatic nitrogens is 1. The first-order valence-corrected chi connectivity index (χ1v) is 6.99.